The number of anilines is 1. The normalized spacial score (nSPS) is 17.0. The van der Waals surface area contributed by atoms with Crippen LogP contribution in [0.15, 0.2) is 103 Å². The first-order valence-electron chi connectivity index (χ1n) is 27.3. The van der Waals surface area contributed by atoms with Crippen LogP contribution in [0.2, 0.25) is 0 Å². The monoisotopic (exact) mass is 1130 g/mol. The molecule has 81 heavy (non-hydrogen) atoms. The van der Waals surface area contributed by atoms with Crippen LogP contribution < -0.4 is 31.9 Å². The second kappa shape index (κ2) is 28.1. The van der Waals surface area contributed by atoms with Crippen molar-refractivity contribution in [1.82, 2.24) is 31.2 Å². The third-order valence-corrected chi connectivity index (χ3v) is 15.1. The van der Waals surface area contributed by atoms with Crippen molar-refractivity contribution >= 4 is 75.9 Å². The number of carbonyl (C=O) groups excluding carboxylic acids is 8. The summed E-state index contributed by atoms with van der Waals surface area (Å²) in [7, 11) is 0. The lowest BCUT2D eigenvalue weighted by atomic mass is 9.83. The molecule has 0 radical (unpaired) electrons. The number of benzene rings is 4. The van der Waals surface area contributed by atoms with Crippen LogP contribution >= 0.6 is 11.8 Å². The number of nitrogens with zero attached hydrogens (tertiary/aromatic N) is 2. The molecule has 0 bridgehead atoms. The summed E-state index contributed by atoms with van der Waals surface area (Å²) in [4.78, 5) is 118. The van der Waals surface area contributed by atoms with Gasteiger partial charge in [-0.15, -0.1) is 0 Å². The van der Waals surface area contributed by atoms with Crippen LogP contribution in [0.1, 0.15) is 111 Å². The first-order valence-corrected chi connectivity index (χ1v) is 28.7. The lowest BCUT2D eigenvalue weighted by Gasteiger charge is -2.41. The Hall–Kier alpha value is -7.78. The Morgan fingerprint density at radius 3 is 2.12 bits per heavy atom. The SMILES string of the molecule is CSCC[C@H](NC(=O)[C@H](CC(N)=O)NC(=O)[C@H](Cc1c[nH]c2ccccc12)NC(=O)[C@H](CO)NC(=O)[C@H]1CCCN(C(=O)c2c(C)cccc2F)[C@H]1c1ccc(N(C(=O)OC(C)(C)C)C2CCCC2)cc1)C(=O)OCc1ccccc1. The van der Waals surface area contributed by atoms with Gasteiger partial charge in [-0.25, -0.2) is 14.0 Å². The van der Waals surface area contributed by atoms with Gasteiger partial charge in [0.15, 0.2) is 0 Å². The molecule has 5 aromatic rings. The Balaban J connectivity index is 1.15. The standard InChI is InChI=1S/C60H73FN8O11S/c1-36-15-13-22-44(61)51(36)57(76)68-29-14-21-43(52(68)38-24-26-41(27-25-38)69(40-18-9-10-19-40)59(78)80-60(2,3)4)53(72)67-49(34-70)56(75)65-47(31-39-33-63-45-23-12-11-20-42(39)45)54(73)66-48(32-50(62)71)55(74)64-46(28-30-81-5)58(77)79-35-37-16-7-6-8-17-37/h6-8,11-13,15-17,20,22-27,33,40,43,46-49,52,63,70H,9-10,14,18-19,21,28-32,34-35H2,1-5H3,(H2,62,71)(H,64,74)(H,65,75)(H,66,73)(H,67,72)/t43-,46-,47-,48-,49-,52-/m0/s1. The van der Waals surface area contributed by atoms with Crippen molar-refractivity contribution in [2.45, 2.75) is 134 Å². The zero-order valence-electron chi connectivity index (χ0n) is 46.3. The molecule has 1 saturated carbocycles. The summed E-state index contributed by atoms with van der Waals surface area (Å²) in [5.41, 5.74) is 8.05. The van der Waals surface area contributed by atoms with Gasteiger partial charge in [0.05, 0.1) is 30.6 Å². The van der Waals surface area contributed by atoms with Gasteiger partial charge in [0.1, 0.15) is 42.2 Å². The number of aliphatic hydroxyl groups excluding tert-OH is 1. The third kappa shape index (κ3) is 16.0. The van der Waals surface area contributed by atoms with Crippen molar-refractivity contribution in [2.75, 3.05) is 30.1 Å². The van der Waals surface area contributed by atoms with Gasteiger partial charge in [-0.2, -0.15) is 11.8 Å². The van der Waals surface area contributed by atoms with Crippen LogP contribution in [0, 0.1) is 18.7 Å². The van der Waals surface area contributed by atoms with Crippen LogP contribution in [0.4, 0.5) is 14.9 Å². The maximum atomic E-state index is 15.6. The lowest BCUT2D eigenvalue weighted by molar-refractivity contribution is -0.149. The van der Waals surface area contributed by atoms with Crippen LogP contribution in [-0.2, 0) is 51.3 Å². The maximum absolute atomic E-state index is 15.6. The predicted octanol–water partition coefficient (Wildman–Crippen LogP) is 6.44. The summed E-state index contributed by atoms with van der Waals surface area (Å²) in [6.07, 6.45) is 6.11. The largest absolute Gasteiger partial charge is 0.459 e. The van der Waals surface area contributed by atoms with Crippen LogP contribution in [0.5, 0.6) is 0 Å². The van der Waals surface area contributed by atoms with E-state index in [9.17, 15) is 43.5 Å². The number of aromatic amines is 1. The number of ether oxygens (including phenoxy) is 2. The molecule has 7 rings (SSSR count). The molecule has 2 fully saturated rings. The van der Waals surface area contributed by atoms with E-state index in [0.29, 0.717) is 51.0 Å². The summed E-state index contributed by atoms with van der Waals surface area (Å²) >= 11 is 1.42. The Morgan fingerprint density at radius 1 is 0.802 bits per heavy atom. The van der Waals surface area contributed by atoms with Crippen molar-refractivity contribution in [3.63, 3.8) is 0 Å². The number of amides is 7. The minimum Gasteiger partial charge on any atom is -0.459 e. The second-order valence-corrected chi connectivity index (χ2v) is 22.5. The quantitative estimate of drug-likeness (QED) is 0.0349. The number of nitrogens with two attached hydrogens (primary N) is 1. The van der Waals surface area contributed by atoms with E-state index in [1.54, 1.807) is 112 Å². The molecule has 1 saturated heterocycles. The van der Waals surface area contributed by atoms with Gasteiger partial charge in [-0.05, 0) is 118 Å². The number of primary amides is 1. The summed E-state index contributed by atoms with van der Waals surface area (Å²) in [6, 6.07) is 20.1. The maximum Gasteiger partial charge on any atom is 0.415 e. The number of para-hydroxylation sites is 1. The highest BCUT2D eigenvalue weighted by Crippen LogP contribution is 2.40. The molecule has 4 aromatic carbocycles. The van der Waals surface area contributed by atoms with E-state index < -0.39 is 108 Å². The van der Waals surface area contributed by atoms with E-state index in [4.69, 9.17) is 15.2 Å². The number of thioether (sulfide) groups is 1. The Kier molecular flexibility index (Phi) is 21.1. The minimum absolute atomic E-state index is 0.0718. The number of aromatic nitrogens is 1. The van der Waals surface area contributed by atoms with E-state index in [1.807, 2.05) is 18.4 Å². The molecule has 1 aliphatic heterocycles. The first kappa shape index (κ1) is 60.9. The van der Waals surface area contributed by atoms with Gasteiger partial charge in [-0.3, -0.25) is 33.7 Å². The fourth-order valence-electron chi connectivity index (χ4n) is 10.5. The molecule has 2 heterocycles. The second-order valence-electron chi connectivity index (χ2n) is 21.5. The van der Waals surface area contributed by atoms with Gasteiger partial charge in [-0.1, -0.05) is 85.6 Å². The summed E-state index contributed by atoms with van der Waals surface area (Å²) in [5.74, 6) is -7.36. The topological polar surface area (TPSA) is 272 Å². The molecule has 0 spiro atoms. The van der Waals surface area contributed by atoms with Crippen LogP contribution in [0.3, 0.4) is 0 Å². The Labute approximate surface area is 475 Å². The number of H-pyrrole nitrogens is 1. The first-order chi connectivity index (χ1) is 38.8. The number of piperidine rings is 1. The van der Waals surface area contributed by atoms with E-state index in [0.717, 1.165) is 25.7 Å². The van der Waals surface area contributed by atoms with E-state index in [-0.39, 0.29) is 44.0 Å². The van der Waals surface area contributed by atoms with E-state index in [2.05, 4.69) is 26.3 Å². The summed E-state index contributed by atoms with van der Waals surface area (Å²) < 4.78 is 27.0. The highest BCUT2D eigenvalue weighted by atomic mass is 32.2. The molecule has 432 valence electrons. The Bertz CT molecular complexity index is 3020. The number of aryl methyl sites for hydroxylation is 1. The van der Waals surface area contributed by atoms with Gasteiger partial charge < -0.3 is 51.5 Å². The number of aliphatic hydroxyl groups is 1. The molecule has 8 N–H and O–H groups in total. The third-order valence-electron chi connectivity index (χ3n) is 14.5. The highest BCUT2D eigenvalue weighted by Gasteiger charge is 2.43. The minimum atomic E-state index is -1.68. The molecule has 21 heteroatoms. The number of rotatable bonds is 23. The van der Waals surface area contributed by atoms with Crippen molar-refractivity contribution in [1.29, 1.82) is 0 Å². The van der Waals surface area contributed by atoms with Gasteiger partial charge in [0, 0.05) is 41.8 Å². The highest BCUT2D eigenvalue weighted by molar-refractivity contribution is 7.98. The molecular weight excluding hydrogens is 1060 g/mol. The fourth-order valence-corrected chi connectivity index (χ4v) is 10.9. The molecule has 7 amide bonds. The molecule has 1 aliphatic carbocycles. The van der Waals surface area contributed by atoms with E-state index in [1.165, 1.54) is 28.8 Å². The number of fused-ring (bicyclic) bond motifs is 1. The molecule has 2 aliphatic rings. The molecule has 1 aromatic heterocycles. The van der Waals surface area contributed by atoms with Crippen LogP contribution in [-0.4, -0.2) is 123 Å². The van der Waals surface area contributed by atoms with Crippen molar-refractivity contribution in [3.05, 3.63) is 137 Å². The van der Waals surface area contributed by atoms with Crippen LogP contribution in [0.25, 0.3) is 10.9 Å². The summed E-state index contributed by atoms with van der Waals surface area (Å²) in [5, 5.41) is 22.0. The number of halogens is 1. The number of carbonyl (C=O) groups is 8. The smallest absolute Gasteiger partial charge is 0.415 e. The van der Waals surface area contributed by atoms with Crippen molar-refractivity contribution < 1.29 is 57.3 Å². The predicted molar refractivity (Wildman–Crippen MR) is 305 cm³/mol. The number of hydrogen-bond acceptors (Lipinski definition) is 12. The fraction of sp³-hybridized carbons (Fsp3) is 0.433. The average Bonchev–Trinajstić information content (AvgIpc) is 4.27. The van der Waals surface area contributed by atoms with Crippen molar-refractivity contribution in [2.24, 2.45) is 11.7 Å². The zero-order valence-corrected chi connectivity index (χ0v) is 47.2. The Morgan fingerprint density at radius 2 is 1.46 bits per heavy atom. The van der Waals surface area contributed by atoms with Gasteiger partial charge in [0.25, 0.3) is 5.91 Å². The molecule has 19 nitrogen and oxygen atoms in total. The average molecular weight is 1130 g/mol. The lowest BCUT2D eigenvalue weighted by Crippen LogP contribution is -2.60. The molecular formula is C60H73FN8O11S. The van der Waals surface area contributed by atoms with Crippen molar-refractivity contribution in [3.8, 4) is 0 Å². The number of hydrogen-bond donors (Lipinski definition) is 7. The molecule has 0 unspecified atom stereocenters. The number of esters is 1. The van der Waals surface area contributed by atoms with E-state index >= 15 is 4.39 Å². The molecule has 6 atom stereocenters. The van der Waals surface area contributed by atoms with Gasteiger partial charge >= 0.3 is 12.1 Å². The number of nitrogens with one attached hydrogen (secondary N) is 5. The number of likely N-dealkylation sites (tertiary alicyclic amines) is 1. The summed E-state index contributed by atoms with van der Waals surface area (Å²) in [6.45, 7) is 6.09. The zero-order chi connectivity index (χ0) is 58.4. The van der Waals surface area contributed by atoms with Gasteiger partial charge in [0.2, 0.25) is 29.5 Å².